The molecule has 34 heavy (non-hydrogen) atoms. The van der Waals surface area contributed by atoms with E-state index in [2.05, 4.69) is 59.3 Å². The highest BCUT2D eigenvalue weighted by Crippen LogP contribution is 2.38. The maximum atomic E-state index is 13.2. The molecule has 8 heteroatoms. The molecule has 3 aliphatic rings. The molecule has 0 amide bonds. The zero-order valence-corrected chi connectivity index (χ0v) is 21.0. The number of methoxy groups -OCH3 is 2. The molecule has 0 radical (unpaired) electrons. The minimum atomic E-state index is 0.00273. The molecule has 0 spiro atoms. The fraction of sp³-hybridized carbons (Fsp3) is 0.500. The average Bonchev–Trinajstić information content (AvgIpc) is 3.15. The van der Waals surface area contributed by atoms with Gasteiger partial charge in [-0.15, -0.1) is 0 Å². The molecule has 3 heterocycles. The van der Waals surface area contributed by atoms with Crippen molar-refractivity contribution >= 4 is 5.78 Å². The lowest BCUT2D eigenvalue weighted by molar-refractivity contribution is 0.0877. The largest absolute Gasteiger partial charge is 0.493 e. The second-order valence-corrected chi connectivity index (χ2v) is 9.37. The van der Waals surface area contributed by atoms with Gasteiger partial charge in [0.05, 0.1) is 38.7 Å². The van der Waals surface area contributed by atoms with Gasteiger partial charge in [-0.2, -0.15) is 0 Å². The summed E-state index contributed by atoms with van der Waals surface area (Å²) in [5.74, 6) is 1.62. The number of rotatable bonds is 8. The third kappa shape index (κ3) is 4.79. The van der Waals surface area contributed by atoms with Crippen LogP contribution in [0.4, 0.5) is 0 Å². The summed E-state index contributed by atoms with van der Waals surface area (Å²) in [5, 5.41) is 4.44. The summed E-state index contributed by atoms with van der Waals surface area (Å²) >= 11 is 0. The Labute approximate surface area is 202 Å². The number of nitrogens with zero attached hydrogens (tertiary/aromatic N) is 4. The van der Waals surface area contributed by atoms with E-state index >= 15 is 0 Å². The van der Waals surface area contributed by atoms with E-state index in [4.69, 9.17) is 15.2 Å². The molecule has 1 aromatic carbocycles. The van der Waals surface area contributed by atoms with Crippen LogP contribution in [0, 0.1) is 5.92 Å². The molecule has 184 valence electrons. The van der Waals surface area contributed by atoms with Crippen molar-refractivity contribution in [2.24, 2.45) is 11.7 Å². The molecule has 4 rings (SSSR count). The van der Waals surface area contributed by atoms with Gasteiger partial charge in [0, 0.05) is 51.8 Å². The first-order chi connectivity index (χ1) is 16.3. The summed E-state index contributed by atoms with van der Waals surface area (Å²) in [4.78, 5) is 17.6. The molecular formula is C26H37N5O3. The summed E-state index contributed by atoms with van der Waals surface area (Å²) in [6, 6.07) is 5.36. The highest BCUT2D eigenvalue weighted by atomic mass is 16.5. The Morgan fingerprint density at radius 1 is 1.18 bits per heavy atom. The predicted molar refractivity (Wildman–Crippen MR) is 133 cm³/mol. The minimum absolute atomic E-state index is 0.00273. The number of allylic oxidation sites excluding steroid dienone is 1. The first-order valence-corrected chi connectivity index (χ1v) is 11.8. The van der Waals surface area contributed by atoms with Crippen molar-refractivity contribution in [3.05, 3.63) is 59.1 Å². The topological polar surface area (TPSA) is 74.5 Å². The molecule has 2 N–H and O–H groups in total. The van der Waals surface area contributed by atoms with Crippen LogP contribution in [0.15, 0.2) is 53.5 Å². The van der Waals surface area contributed by atoms with E-state index in [1.54, 1.807) is 32.4 Å². The van der Waals surface area contributed by atoms with Gasteiger partial charge in [0.2, 0.25) is 0 Å². The highest BCUT2D eigenvalue weighted by Gasteiger charge is 2.38. The van der Waals surface area contributed by atoms with E-state index in [1.165, 1.54) is 17.0 Å². The van der Waals surface area contributed by atoms with Crippen LogP contribution in [0.5, 0.6) is 11.5 Å². The van der Waals surface area contributed by atoms with E-state index in [-0.39, 0.29) is 11.8 Å². The molecule has 2 atom stereocenters. The quantitative estimate of drug-likeness (QED) is 0.584. The Hall–Kier alpha value is -2.97. The molecule has 3 aliphatic heterocycles. The Morgan fingerprint density at radius 2 is 1.94 bits per heavy atom. The number of hydrogen-bond donors (Lipinski definition) is 1. The molecule has 0 fully saturated rings. The number of hydrazine groups is 1. The van der Waals surface area contributed by atoms with Crippen molar-refractivity contribution in [1.29, 1.82) is 0 Å². The predicted octanol–water partition coefficient (Wildman–Crippen LogP) is 2.32. The summed E-state index contributed by atoms with van der Waals surface area (Å²) in [6.07, 6.45) is 8.32. The Balaban J connectivity index is 1.51. The minimum Gasteiger partial charge on any atom is -0.493 e. The first kappa shape index (κ1) is 24.2. The molecule has 0 aromatic heterocycles. The molecule has 0 saturated carbocycles. The van der Waals surface area contributed by atoms with Gasteiger partial charge in [0.15, 0.2) is 17.3 Å². The number of carbonyl (C=O) groups excluding carboxylic acids is 1. The van der Waals surface area contributed by atoms with Crippen molar-refractivity contribution in [1.82, 2.24) is 19.8 Å². The van der Waals surface area contributed by atoms with Gasteiger partial charge in [-0.25, -0.2) is 5.01 Å². The summed E-state index contributed by atoms with van der Waals surface area (Å²) in [6.45, 7) is 2.88. The standard InChI is InChI=1S/C26H37N5O3/c1-28-11-8-18(9-12-28)21(27)14-20-10-13-31(22-16-29(2)30(3)26(20)22)17-23(32)19-6-7-24(33-4)25(15-19)34-5/h6-9,11,15,20-21H,10,12-14,16-17,27H2,1-5H3. The molecule has 0 saturated heterocycles. The van der Waals surface area contributed by atoms with Gasteiger partial charge in [0.25, 0.3) is 0 Å². The van der Waals surface area contributed by atoms with E-state index in [9.17, 15) is 4.79 Å². The maximum Gasteiger partial charge on any atom is 0.182 e. The van der Waals surface area contributed by atoms with E-state index < -0.39 is 0 Å². The lowest BCUT2D eigenvalue weighted by Crippen LogP contribution is -2.39. The van der Waals surface area contributed by atoms with E-state index in [1.807, 2.05) is 0 Å². The first-order valence-electron chi connectivity index (χ1n) is 11.8. The molecule has 1 aromatic rings. The number of ketones is 1. The SMILES string of the molecule is COc1ccc(C(=O)CN2CCC(CC(N)C3=CCN(C)C=C3)C3=C2CN(C)N3C)cc1OC. The number of likely N-dealkylation sites (N-methyl/N-ethyl adjacent to an activating group) is 2. The third-order valence-corrected chi connectivity index (χ3v) is 7.19. The van der Waals surface area contributed by atoms with Gasteiger partial charge in [-0.1, -0.05) is 6.08 Å². The lowest BCUT2D eigenvalue weighted by atomic mass is 9.86. The Kier molecular flexibility index (Phi) is 7.19. The number of nitrogens with two attached hydrogens (primary N) is 1. The fourth-order valence-corrected chi connectivity index (χ4v) is 5.11. The summed E-state index contributed by atoms with van der Waals surface area (Å²) in [7, 11) is 9.44. The third-order valence-electron chi connectivity index (χ3n) is 7.19. The van der Waals surface area contributed by atoms with Crippen LogP contribution in [0.3, 0.4) is 0 Å². The monoisotopic (exact) mass is 467 g/mol. The zero-order valence-electron chi connectivity index (χ0n) is 21.0. The van der Waals surface area contributed by atoms with Crippen molar-refractivity contribution in [3.63, 3.8) is 0 Å². The molecule has 0 aliphatic carbocycles. The average molecular weight is 468 g/mol. The van der Waals surface area contributed by atoms with E-state index in [0.717, 1.165) is 32.5 Å². The van der Waals surface area contributed by atoms with Crippen molar-refractivity contribution < 1.29 is 14.3 Å². The number of ether oxygens (including phenoxy) is 2. The molecular weight excluding hydrogens is 430 g/mol. The van der Waals surface area contributed by atoms with Crippen LogP contribution in [0.25, 0.3) is 0 Å². The van der Waals surface area contributed by atoms with Crippen LogP contribution >= 0.6 is 0 Å². The smallest absolute Gasteiger partial charge is 0.182 e. The Morgan fingerprint density at radius 3 is 2.62 bits per heavy atom. The van der Waals surface area contributed by atoms with Crippen LogP contribution < -0.4 is 15.2 Å². The van der Waals surface area contributed by atoms with Crippen molar-refractivity contribution in [2.75, 3.05) is 61.5 Å². The van der Waals surface area contributed by atoms with Gasteiger partial charge >= 0.3 is 0 Å². The van der Waals surface area contributed by atoms with Crippen LogP contribution in [0.1, 0.15) is 23.2 Å². The van der Waals surface area contributed by atoms with Gasteiger partial charge < -0.3 is 30.0 Å². The summed E-state index contributed by atoms with van der Waals surface area (Å²) < 4.78 is 10.7. The Bertz CT molecular complexity index is 1020. The zero-order chi connectivity index (χ0) is 24.4. The van der Waals surface area contributed by atoms with Gasteiger partial charge in [0.1, 0.15) is 0 Å². The van der Waals surface area contributed by atoms with Crippen LogP contribution in [0.2, 0.25) is 0 Å². The van der Waals surface area contributed by atoms with E-state index in [0.29, 0.717) is 29.5 Å². The molecule has 2 unspecified atom stereocenters. The maximum absolute atomic E-state index is 13.2. The second kappa shape index (κ2) is 10.1. The molecule has 0 bridgehead atoms. The van der Waals surface area contributed by atoms with Crippen molar-refractivity contribution in [2.45, 2.75) is 18.9 Å². The van der Waals surface area contributed by atoms with Crippen LogP contribution in [-0.4, -0.2) is 93.2 Å². The highest BCUT2D eigenvalue weighted by molar-refractivity contribution is 5.98. The van der Waals surface area contributed by atoms with Gasteiger partial charge in [-0.05, 0) is 48.9 Å². The number of benzene rings is 1. The van der Waals surface area contributed by atoms with Gasteiger partial charge in [-0.3, -0.25) is 4.79 Å². The van der Waals surface area contributed by atoms with Crippen molar-refractivity contribution in [3.8, 4) is 11.5 Å². The number of Topliss-reactive ketones (excluding diaryl/α,β-unsaturated/α-hetero) is 1. The number of carbonyl (C=O) groups is 1. The molecule has 8 nitrogen and oxygen atoms in total. The lowest BCUT2D eigenvalue weighted by Gasteiger charge is -2.37. The normalized spacial score (nSPS) is 21.5. The summed E-state index contributed by atoms with van der Waals surface area (Å²) in [5.41, 5.74) is 11.0. The number of hydrogen-bond acceptors (Lipinski definition) is 8. The second-order valence-electron chi connectivity index (χ2n) is 9.37. The fourth-order valence-electron chi connectivity index (χ4n) is 5.11. The van der Waals surface area contributed by atoms with Crippen LogP contribution in [-0.2, 0) is 0 Å².